The molecule has 0 saturated heterocycles. The highest BCUT2D eigenvalue weighted by atomic mass is 16.5. The summed E-state index contributed by atoms with van der Waals surface area (Å²) in [4.78, 5) is 27.0. The van der Waals surface area contributed by atoms with Crippen LogP contribution in [0, 0.1) is 6.92 Å². The number of aromatic nitrogens is 1. The first-order valence-electron chi connectivity index (χ1n) is 8.16. The van der Waals surface area contributed by atoms with Gasteiger partial charge >= 0.3 is 0 Å². The summed E-state index contributed by atoms with van der Waals surface area (Å²) >= 11 is 0. The van der Waals surface area contributed by atoms with E-state index in [0.717, 1.165) is 11.3 Å². The largest absolute Gasteiger partial charge is 0.483 e. The molecule has 0 radical (unpaired) electrons. The zero-order chi connectivity index (χ0) is 17.7. The predicted octanol–water partition coefficient (Wildman–Crippen LogP) is 2.75. The van der Waals surface area contributed by atoms with Crippen LogP contribution in [-0.4, -0.2) is 28.5 Å². The molecule has 0 aliphatic carbocycles. The van der Waals surface area contributed by atoms with Crippen molar-refractivity contribution in [2.45, 2.75) is 27.4 Å². The van der Waals surface area contributed by atoms with Gasteiger partial charge in [0, 0.05) is 31.9 Å². The third-order valence-electron chi connectivity index (χ3n) is 4.12. The molecule has 0 saturated carbocycles. The molecular formula is C19H24N2O3. The Labute approximate surface area is 142 Å². The van der Waals surface area contributed by atoms with E-state index in [4.69, 9.17) is 4.74 Å². The number of hydrogen-bond acceptors (Lipinski definition) is 3. The van der Waals surface area contributed by atoms with Gasteiger partial charge in [-0.15, -0.1) is 0 Å². The number of benzene rings is 1. The molecule has 128 valence electrons. The molecule has 5 nitrogen and oxygen atoms in total. The molecule has 0 aliphatic heterocycles. The minimum atomic E-state index is -0.267. The number of pyridine rings is 1. The van der Waals surface area contributed by atoms with Gasteiger partial charge < -0.3 is 14.2 Å². The molecule has 2 rings (SSSR count). The number of ether oxygens (including phenoxy) is 1. The number of nitrogens with zero attached hydrogens (tertiary/aromatic N) is 2. The molecular weight excluding hydrogens is 304 g/mol. The van der Waals surface area contributed by atoms with Crippen molar-refractivity contribution in [3.05, 3.63) is 63.6 Å². The molecule has 0 fully saturated rings. The van der Waals surface area contributed by atoms with Crippen LogP contribution >= 0.6 is 0 Å². The Morgan fingerprint density at radius 2 is 1.79 bits per heavy atom. The molecule has 1 heterocycles. The van der Waals surface area contributed by atoms with E-state index in [1.807, 2.05) is 44.2 Å². The van der Waals surface area contributed by atoms with E-state index in [9.17, 15) is 9.59 Å². The van der Waals surface area contributed by atoms with Crippen LogP contribution in [0.15, 0.2) is 41.2 Å². The topological polar surface area (TPSA) is 51.5 Å². The van der Waals surface area contributed by atoms with Crippen molar-refractivity contribution >= 4 is 5.91 Å². The fourth-order valence-corrected chi connectivity index (χ4v) is 2.57. The Bertz CT molecular complexity index is 762. The van der Waals surface area contributed by atoms with Gasteiger partial charge in [0.1, 0.15) is 6.61 Å². The van der Waals surface area contributed by atoms with Gasteiger partial charge in [-0.05, 0) is 26.3 Å². The molecule has 0 bridgehead atoms. The first-order valence-corrected chi connectivity index (χ1v) is 8.16. The van der Waals surface area contributed by atoms with E-state index in [1.54, 1.807) is 23.4 Å². The maximum Gasteiger partial charge on any atom is 0.274 e. The van der Waals surface area contributed by atoms with Crippen molar-refractivity contribution in [3.8, 4) is 5.75 Å². The zero-order valence-corrected chi connectivity index (χ0v) is 14.7. The van der Waals surface area contributed by atoms with Crippen LogP contribution < -0.4 is 10.2 Å². The number of carbonyl (C=O) groups is 1. The lowest BCUT2D eigenvalue weighted by molar-refractivity contribution is 0.0755. The molecule has 5 heteroatoms. The first-order chi connectivity index (χ1) is 11.5. The molecule has 0 N–H and O–H groups in total. The van der Waals surface area contributed by atoms with E-state index < -0.39 is 0 Å². The van der Waals surface area contributed by atoms with Gasteiger partial charge in [-0.1, -0.05) is 30.3 Å². The third-order valence-corrected chi connectivity index (χ3v) is 4.12. The van der Waals surface area contributed by atoms with Crippen molar-refractivity contribution < 1.29 is 9.53 Å². The lowest BCUT2D eigenvalue weighted by Crippen LogP contribution is -2.34. The standard InChI is InChI=1S/C19H24N2O3/c1-5-21(6-2)19(23)17-18(16(22)12-14(3)20(17)4)24-13-15-10-8-7-9-11-15/h7-12H,5-6,13H2,1-4H3. The summed E-state index contributed by atoms with van der Waals surface area (Å²) in [6, 6.07) is 11.1. The van der Waals surface area contributed by atoms with Gasteiger partial charge in [0.25, 0.3) is 5.91 Å². The highest BCUT2D eigenvalue weighted by Crippen LogP contribution is 2.18. The van der Waals surface area contributed by atoms with Crippen molar-refractivity contribution in [1.29, 1.82) is 0 Å². The fourth-order valence-electron chi connectivity index (χ4n) is 2.57. The van der Waals surface area contributed by atoms with Crippen molar-refractivity contribution in [2.75, 3.05) is 13.1 Å². The van der Waals surface area contributed by atoms with Gasteiger partial charge in [0.15, 0.2) is 11.4 Å². The lowest BCUT2D eigenvalue weighted by atomic mass is 10.2. The lowest BCUT2D eigenvalue weighted by Gasteiger charge is -2.23. The number of hydrogen-bond donors (Lipinski definition) is 0. The Kier molecular flexibility index (Phi) is 5.79. The Hall–Kier alpha value is -2.56. The highest BCUT2D eigenvalue weighted by molar-refractivity contribution is 5.95. The molecule has 24 heavy (non-hydrogen) atoms. The van der Waals surface area contributed by atoms with Crippen LogP contribution in [0.1, 0.15) is 35.6 Å². The maximum absolute atomic E-state index is 12.9. The summed E-state index contributed by atoms with van der Waals surface area (Å²) in [5.74, 6) is -0.0739. The van der Waals surface area contributed by atoms with Crippen LogP contribution in [0.2, 0.25) is 0 Å². The van der Waals surface area contributed by atoms with E-state index in [0.29, 0.717) is 18.8 Å². The average molecular weight is 328 g/mol. The van der Waals surface area contributed by atoms with Gasteiger partial charge in [0.05, 0.1) is 0 Å². The van der Waals surface area contributed by atoms with E-state index in [1.165, 1.54) is 6.07 Å². The van der Waals surface area contributed by atoms with Gasteiger partial charge in [-0.2, -0.15) is 0 Å². The molecule has 0 unspecified atom stereocenters. The Morgan fingerprint density at radius 3 is 2.38 bits per heavy atom. The fraction of sp³-hybridized carbons (Fsp3) is 0.368. The number of rotatable bonds is 6. The minimum absolute atomic E-state index is 0.115. The summed E-state index contributed by atoms with van der Waals surface area (Å²) in [5, 5.41) is 0. The van der Waals surface area contributed by atoms with Crippen LogP contribution in [0.4, 0.5) is 0 Å². The Balaban J connectivity index is 2.44. The second kappa shape index (κ2) is 7.81. The summed E-state index contributed by atoms with van der Waals surface area (Å²) in [5.41, 5.74) is 1.71. The number of amides is 1. The monoisotopic (exact) mass is 328 g/mol. The molecule has 1 aromatic carbocycles. The molecule has 0 spiro atoms. The first kappa shape index (κ1) is 17.8. The van der Waals surface area contributed by atoms with E-state index in [-0.39, 0.29) is 23.7 Å². The van der Waals surface area contributed by atoms with Crippen LogP contribution in [0.25, 0.3) is 0 Å². The molecule has 0 aliphatic rings. The van der Waals surface area contributed by atoms with Gasteiger partial charge in [0.2, 0.25) is 5.43 Å². The van der Waals surface area contributed by atoms with Crippen LogP contribution in [-0.2, 0) is 13.7 Å². The second-order valence-corrected chi connectivity index (χ2v) is 5.64. The van der Waals surface area contributed by atoms with Crippen LogP contribution in [0.3, 0.4) is 0 Å². The second-order valence-electron chi connectivity index (χ2n) is 5.64. The summed E-state index contributed by atoms with van der Waals surface area (Å²) in [6.45, 7) is 7.05. The van der Waals surface area contributed by atoms with Crippen molar-refractivity contribution in [2.24, 2.45) is 7.05 Å². The minimum Gasteiger partial charge on any atom is -0.483 e. The maximum atomic E-state index is 12.9. The summed E-state index contributed by atoms with van der Waals surface area (Å²) < 4.78 is 7.49. The molecule has 1 aromatic heterocycles. The van der Waals surface area contributed by atoms with E-state index >= 15 is 0 Å². The SMILES string of the molecule is CCN(CC)C(=O)c1c(OCc2ccccc2)c(=O)cc(C)n1C. The molecule has 0 atom stereocenters. The third kappa shape index (κ3) is 3.67. The summed E-state index contributed by atoms with van der Waals surface area (Å²) in [7, 11) is 1.78. The highest BCUT2D eigenvalue weighted by Gasteiger charge is 2.23. The van der Waals surface area contributed by atoms with Crippen molar-refractivity contribution in [3.63, 3.8) is 0 Å². The van der Waals surface area contributed by atoms with Crippen LogP contribution in [0.5, 0.6) is 5.75 Å². The average Bonchev–Trinajstić information content (AvgIpc) is 2.58. The van der Waals surface area contributed by atoms with E-state index in [2.05, 4.69) is 0 Å². The quantitative estimate of drug-likeness (QED) is 0.819. The van der Waals surface area contributed by atoms with Gasteiger partial charge in [-0.25, -0.2) is 0 Å². The predicted molar refractivity (Wildman–Crippen MR) is 94.4 cm³/mol. The summed E-state index contributed by atoms with van der Waals surface area (Å²) in [6.07, 6.45) is 0. The smallest absolute Gasteiger partial charge is 0.274 e. The van der Waals surface area contributed by atoms with Gasteiger partial charge in [-0.3, -0.25) is 9.59 Å². The molecule has 2 aromatic rings. The number of carbonyl (C=O) groups excluding carboxylic acids is 1. The zero-order valence-electron chi connectivity index (χ0n) is 14.7. The number of aryl methyl sites for hydroxylation is 1. The normalized spacial score (nSPS) is 10.5. The molecule has 1 amide bonds. The Morgan fingerprint density at radius 1 is 1.17 bits per heavy atom. The van der Waals surface area contributed by atoms with Crippen molar-refractivity contribution in [1.82, 2.24) is 9.47 Å².